The summed E-state index contributed by atoms with van der Waals surface area (Å²) in [6, 6.07) is 0.107. The molecule has 1 aliphatic heterocycles. The van der Waals surface area contributed by atoms with Crippen molar-refractivity contribution in [3.8, 4) is 0 Å². The molecule has 1 heterocycles. The Bertz CT molecular complexity index is 468. The fourth-order valence-electron chi connectivity index (χ4n) is 2.82. The molecule has 0 saturated carbocycles. The van der Waals surface area contributed by atoms with Crippen molar-refractivity contribution in [2.24, 2.45) is 5.92 Å². The molecule has 1 atom stereocenters. The maximum absolute atomic E-state index is 12.5. The number of sulfonamides is 1. The largest absolute Gasteiger partial charge is 0.511 e. The Morgan fingerprint density at radius 1 is 1.14 bits per heavy atom. The molecule has 4 nitrogen and oxygen atoms in total. The minimum absolute atomic E-state index is 0.0654. The first-order valence-corrected chi connectivity index (χ1v) is 8.69. The molecular weight excluding hydrogens is 305 g/mol. The number of nitrogens with zero attached hydrogens (tertiary/aromatic N) is 1. The van der Waals surface area contributed by atoms with E-state index >= 15 is 0 Å². The van der Waals surface area contributed by atoms with E-state index in [1.165, 1.54) is 0 Å². The van der Waals surface area contributed by atoms with Crippen LogP contribution in [0.15, 0.2) is 12.2 Å². The molecule has 0 bridgehead atoms. The van der Waals surface area contributed by atoms with Gasteiger partial charge in [0.05, 0.1) is 0 Å². The van der Waals surface area contributed by atoms with Crippen molar-refractivity contribution in [1.82, 2.24) is 9.62 Å². The summed E-state index contributed by atoms with van der Waals surface area (Å²) in [7, 11) is -5.16. The zero-order chi connectivity index (χ0) is 15.5. The summed E-state index contributed by atoms with van der Waals surface area (Å²) >= 11 is 0. The van der Waals surface area contributed by atoms with Crippen LogP contribution >= 0.6 is 0 Å². The van der Waals surface area contributed by atoms with Crippen LogP contribution in [0.25, 0.3) is 0 Å². The Morgan fingerprint density at radius 3 is 2.33 bits per heavy atom. The maximum atomic E-state index is 12.5. The van der Waals surface area contributed by atoms with Crippen molar-refractivity contribution >= 4 is 10.0 Å². The molecule has 0 amide bonds. The molecule has 0 aromatic rings. The lowest BCUT2D eigenvalue weighted by Gasteiger charge is -2.33. The van der Waals surface area contributed by atoms with Gasteiger partial charge in [-0.05, 0) is 44.6 Å². The number of allylic oxidation sites excluding steroid dienone is 2. The van der Waals surface area contributed by atoms with E-state index in [4.69, 9.17) is 0 Å². The topological polar surface area (TPSA) is 49.4 Å². The average Bonchev–Trinajstić information content (AvgIpc) is 2.45. The SMILES string of the molecule is O=S(=O)(N1CCC(NCC2CC=CCC2)CC1)C(F)(F)F. The zero-order valence-electron chi connectivity index (χ0n) is 11.8. The number of piperidine rings is 1. The lowest BCUT2D eigenvalue weighted by atomic mass is 9.94. The molecule has 0 aromatic carbocycles. The predicted octanol–water partition coefficient (Wildman–Crippen LogP) is 2.25. The fourth-order valence-corrected chi connectivity index (χ4v) is 3.81. The first kappa shape index (κ1) is 16.8. The third-order valence-electron chi connectivity index (χ3n) is 4.16. The van der Waals surface area contributed by atoms with Gasteiger partial charge in [0, 0.05) is 19.1 Å². The van der Waals surface area contributed by atoms with Gasteiger partial charge in [-0.25, -0.2) is 8.42 Å². The van der Waals surface area contributed by atoms with Gasteiger partial charge in [0.2, 0.25) is 0 Å². The van der Waals surface area contributed by atoms with Crippen LogP contribution in [0.1, 0.15) is 32.1 Å². The molecule has 8 heteroatoms. The van der Waals surface area contributed by atoms with Gasteiger partial charge in [-0.3, -0.25) is 0 Å². The Hall–Kier alpha value is -0.600. The smallest absolute Gasteiger partial charge is 0.314 e. The number of hydrogen-bond acceptors (Lipinski definition) is 3. The zero-order valence-corrected chi connectivity index (χ0v) is 12.6. The summed E-state index contributed by atoms with van der Waals surface area (Å²) in [6.45, 7) is 0.717. The molecule has 1 fully saturated rings. The normalized spacial score (nSPS) is 26.1. The molecule has 21 heavy (non-hydrogen) atoms. The Kier molecular flexibility index (Phi) is 5.32. The molecule has 0 radical (unpaired) electrons. The standard InChI is InChI=1S/C13H21F3N2O2S/c14-13(15,16)21(19,20)18-8-6-12(7-9-18)17-10-11-4-2-1-3-5-11/h1-2,11-12,17H,3-10H2. The monoisotopic (exact) mass is 326 g/mol. The Morgan fingerprint density at radius 2 is 1.81 bits per heavy atom. The number of rotatable bonds is 4. The molecule has 1 N–H and O–H groups in total. The van der Waals surface area contributed by atoms with E-state index in [1.54, 1.807) is 0 Å². The molecule has 2 aliphatic rings. The van der Waals surface area contributed by atoms with Crippen molar-refractivity contribution in [2.45, 2.75) is 43.7 Å². The summed E-state index contributed by atoms with van der Waals surface area (Å²) in [4.78, 5) is 0. The predicted molar refractivity (Wildman–Crippen MR) is 74.1 cm³/mol. The van der Waals surface area contributed by atoms with Crippen LogP contribution in [0.5, 0.6) is 0 Å². The van der Waals surface area contributed by atoms with Crippen LogP contribution in [0.3, 0.4) is 0 Å². The average molecular weight is 326 g/mol. The molecule has 1 unspecified atom stereocenters. The highest BCUT2D eigenvalue weighted by molar-refractivity contribution is 7.90. The lowest BCUT2D eigenvalue weighted by molar-refractivity contribution is -0.0495. The van der Waals surface area contributed by atoms with Gasteiger partial charge in [0.1, 0.15) is 0 Å². The van der Waals surface area contributed by atoms with Crippen LogP contribution in [-0.2, 0) is 10.0 Å². The molecular formula is C13H21F3N2O2S. The maximum Gasteiger partial charge on any atom is 0.511 e. The minimum Gasteiger partial charge on any atom is -0.314 e. The van der Waals surface area contributed by atoms with E-state index in [2.05, 4.69) is 17.5 Å². The highest BCUT2D eigenvalue weighted by atomic mass is 32.2. The van der Waals surface area contributed by atoms with Crippen molar-refractivity contribution < 1.29 is 21.6 Å². The van der Waals surface area contributed by atoms with Gasteiger partial charge < -0.3 is 5.32 Å². The highest BCUT2D eigenvalue weighted by Gasteiger charge is 2.50. The van der Waals surface area contributed by atoms with Crippen molar-refractivity contribution in [3.63, 3.8) is 0 Å². The van der Waals surface area contributed by atoms with Crippen molar-refractivity contribution in [3.05, 3.63) is 12.2 Å². The second-order valence-corrected chi connectivity index (χ2v) is 7.61. The second kappa shape index (κ2) is 6.66. The van der Waals surface area contributed by atoms with Crippen LogP contribution in [-0.4, -0.2) is 43.9 Å². The fraction of sp³-hybridized carbons (Fsp3) is 0.846. The third kappa shape index (κ3) is 4.20. The summed E-state index contributed by atoms with van der Waals surface area (Å²) in [5.41, 5.74) is -5.19. The van der Waals surface area contributed by atoms with E-state index < -0.39 is 15.5 Å². The highest BCUT2D eigenvalue weighted by Crippen LogP contribution is 2.29. The van der Waals surface area contributed by atoms with Gasteiger partial charge in [0.15, 0.2) is 0 Å². The molecule has 1 aliphatic carbocycles. The summed E-state index contributed by atoms with van der Waals surface area (Å²) in [5.74, 6) is 0.576. The van der Waals surface area contributed by atoms with Gasteiger partial charge in [0.25, 0.3) is 0 Å². The van der Waals surface area contributed by atoms with E-state index in [0.717, 1.165) is 25.8 Å². The molecule has 1 saturated heterocycles. The molecule has 122 valence electrons. The van der Waals surface area contributed by atoms with E-state index in [1.807, 2.05) is 0 Å². The first-order valence-electron chi connectivity index (χ1n) is 7.25. The van der Waals surface area contributed by atoms with Crippen molar-refractivity contribution in [1.29, 1.82) is 0 Å². The van der Waals surface area contributed by atoms with E-state index in [-0.39, 0.29) is 19.1 Å². The Balaban J connectivity index is 1.77. The van der Waals surface area contributed by atoms with Crippen LogP contribution in [0, 0.1) is 5.92 Å². The van der Waals surface area contributed by atoms with Gasteiger partial charge in [-0.2, -0.15) is 17.5 Å². The number of halogens is 3. The van der Waals surface area contributed by atoms with Crippen LogP contribution in [0.4, 0.5) is 13.2 Å². The van der Waals surface area contributed by atoms with Crippen LogP contribution in [0.2, 0.25) is 0 Å². The number of alkyl halides is 3. The second-order valence-electron chi connectivity index (χ2n) is 5.68. The van der Waals surface area contributed by atoms with Crippen LogP contribution < -0.4 is 5.32 Å². The van der Waals surface area contributed by atoms with E-state index in [0.29, 0.717) is 23.1 Å². The lowest BCUT2D eigenvalue weighted by Crippen LogP contribution is -2.49. The van der Waals surface area contributed by atoms with Gasteiger partial charge in [-0.15, -0.1) is 0 Å². The van der Waals surface area contributed by atoms with E-state index in [9.17, 15) is 21.6 Å². The van der Waals surface area contributed by atoms with Crippen molar-refractivity contribution in [2.75, 3.05) is 19.6 Å². The summed E-state index contributed by atoms with van der Waals surface area (Å²) in [6.07, 6.45) is 8.43. The summed E-state index contributed by atoms with van der Waals surface area (Å²) < 4.78 is 60.5. The molecule has 0 aromatic heterocycles. The minimum atomic E-state index is -5.19. The number of nitrogens with one attached hydrogen (secondary N) is 1. The molecule has 0 spiro atoms. The first-order chi connectivity index (χ1) is 9.80. The Labute approximate surface area is 123 Å². The molecule has 2 rings (SSSR count). The number of hydrogen-bond donors (Lipinski definition) is 1. The summed E-state index contributed by atoms with van der Waals surface area (Å²) in [5, 5.41) is 3.37. The van der Waals surface area contributed by atoms with Gasteiger partial charge in [-0.1, -0.05) is 12.2 Å². The third-order valence-corrected chi connectivity index (χ3v) is 5.79. The quantitative estimate of drug-likeness (QED) is 0.806. The van der Waals surface area contributed by atoms with Gasteiger partial charge >= 0.3 is 15.5 Å².